The van der Waals surface area contributed by atoms with Gasteiger partial charge in [-0.25, -0.2) is 18.8 Å². The zero-order valence-electron chi connectivity index (χ0n) is 68.3. The molecule has 0 N–H and O–H groups in total. The number of carbonyl (C=O) groups excluding carboxylic acids is 4. The van der Waals surface area contributed by atoms with Gasteiger partial charge in [0.15, 0.2) is 66.7 Å². The quantitative estimate of drug-likeness (QED) is 0.0822. The van der Waals surface area contributed by atoms with E-state index in [4.69, 9.17) is 57.6 Å². The van der Waals surface area contributed by atoms with Gasteiger partial charge in [0.1, 0.15) is 70.2 Å². The first-order valence-electron chi connectivity index (χ1n) is 40.2. The number of para-hydroxylation sites is 2. The maximum Gasteiger partial charge on any atom is 0.271 e. The van der Waals surface area contributed by atoms with Gasteiger partial charge in [-0.05, 0) is 263 Å². The van der Waals surface area contributed by atoms with Crippen molar-refractivity contribution in [2.24, 2.45) is 25.9 Å². The van der Waals surface area contributed by atoms with Crippen molar-refractivity contribution in [2.75, 3.05) is 81.2 Å². The molecule has 11 aromatic rings. The number of thioether (sulfide) groups is 4. The number of aliphatic imine (C=N–C) groups is 4. The van der Waals surface area contributed by atoms with E-state index in [0.717, 1.165) is 79.0 Å². The van der Waals surface area contributed by atoms with Crippen LogP contribution in [0.15, 0.2) is 300 Å². The van der Waals surface area contributed by atoms with Crippen molar-refractivity contribution in [2.45, 2.75) is 33.9 Å². The first kappa shape index (κ1) is 85.0. The van der Waals surface area contributed by atoms with E-state index in [2.05, 4.69) is 18.8 Å². The number of anilines is 3. The van der Waals surface area contributed by atoms with Crippen molar-refractivity contribution in [3.8, 4) is 51.7 Å². The Hall–Kier alpha value is -13.6. The number of halogens is 2. The molecule has 0 spiro atoms. The van der Waals surface area contributed by atoms with Crippen LogP contribution in [0.4, 0.5) is 37.2 Å². The van der Waals surface area contributed by atoms with Gasteiger partial charge in [-0.15, -0.1) is 0 Å². The lowest BCUT2D eigenvalue weighted by molar-refractivity contribution is -0.122. The summed E-state index contributed by atoms with van der Waals surface area (Å²) >= 11 is 5.36. The van der Waals surface area contributed by atoms with E-state index in [-0.39, 0.29) is 29.4 Å². The summed E-state index contributed by atoms with van der Waals surface area (Å²) in [6.07, 6.45) is 7.40. The normalized spacial score (nSPS) is 18.1. The number of carbonyl (C=O) groups is 4. The molecule has 27 heteroatoms. The lowest BCUT2D eigenvalue weighted by Crippen LogP contribution is -2.32. The summed E-state index contributed by atoms with van der Waals surface area (Å²) in [6.45, 7) is 12.0. The molecule has 0 radical (unpaired) electrons. The highest BCUT2D eigenvalue weighted by Crippen LogP contribution is 2.44. The van der Waals surface area contributed by atoms with Crippen LogP contribution >= 0.6 is 47.0 Å². The number of aryl methyl sites for hydroxylation is 1. The van der Waals surface area contributed by atoms with Gasteiger partial charge in [0.2, 0.25) is 0 Å². The minimum Gasteiger partial charge on any atom is -0.497 e. The summed E-state index contributed by atoms with van der Waals surface area (Å²) in [4.78, 5) is 80.8. The second kappa shape index (κ2) is 40.2. The number of amidine groups is 4. The summed E-state index contributed by atoms with van der Waals surface area (Å²) in [7, 11) is 1.64. The molecule has 8 aliphatic rings. The van der Waals surface area contributed by atoms with Crippen LogP contribution in [-0.2, 0) is 32.3 Å². The van der Waals surface area contributed by atoms with E-state index >= 15 is 0 Å². The number of amides is 4. The minimum atomic E-state index is -0.405. The van der Waals surface area contributed by atoms with E-state index < -0.39 is 5.82 Å². The van der Waals surface area contributed by atoms with E-state index in [9.17, 15) is 28.0 Å². The Morgan fingerprint density at radius 2 is 0.688 bits per heavy atom. The summed E-state index contributed by atoms with van der Waals surface area (Å²) in [5.74, 6) is 5.47. The third-order valence-corrected chi connectivity index (χ3v) is 23.5. The highest BCUT2D eigenvalue weighted by molar-refractivity contribution is 8.20. The van der Waals surface area contributed by atoms with Gasteiger partial charge in [0.25, 0.3) is 23.6 Å². The van der Waals surface area contributed by atoms with Crippen LogP contribution in [0.2, 0.25) is 0 Å². The van der Waals surface area contributed by atoms with Crippen LogP contribution in [0.1, 0.15) is 52.8 Å². The zero-order chi connectivity index (χ0) is 86.1. The van der Waals surface area contributed by atoms with E-state index in [1.54, 1.807) is 34.0 Å². The van der Waals surface area contributed by atoms with Crippen LogP contribution in [0, 0.1) is 24.5 Å². The molecule has 125 heavy (non-hydrogen) atoms. The second-order valence-electron chi connectivity index (χ2n) is 29.1. The number of hydrogen-bond donors (Lipinski definition) is 0. The van der Waals surface area contributed by atoms with Gasteiger partial charge >= 0.3 is 0 Å². The standard InChI is InChI=1S/C27H24N2O4S.C25H20N2O3S.C24H16F2N2O3S.C22H22N2O3S/c1-18-3-8-21(9-4-18)29-26(30)25(16-20-7-12-23-24(15-20)33-14-13-32-23)34-27(29)28-17-19-5-10-22(31-2)11-6-19;28-24-23(16-19-11-12-21-22(15-19)30-14-13-29-21)31-25(26-17-18-7-3-1-4-8-18)27(24)20-9-5-2-6-10-20;25-16-2-6-18(7-3-16)27-24-28(19-8-4-17(26)5-9-19)23(29)22(32-24)14-15-1-10-20-21(13-15)31-12-11-30-20;1-15(2)14-24-21(25)20(28-22(24)23-17-6-4-3-5-7-17)13-16-8-9-18-19(12-16)27-11-10-26-18/h3-12,15-16H,13-14,17H2,1-2H3;1-12,15-16H,13-14,17H2;1-10,13-14H,11-12H2;3-9,12-13,15H,10-11,14H2,1-2H3/b25-16-,28-27?;23-16-,26-25?;22-14-,27-24?;20-13-,23-22?. The molecule has 8 heterocycles. The fourth-order valence-electron chi connectivity index (χ4n) is 13.4. The van der Waals surface area contributed by atoms with Gasteiger partial charge in [0, 0.05) is 6.54 Å². The Bertz CT molecular complexity index is 6080. The summed E-state index contributed by atoms with van der Waals surface area (Å²) in [5.41, 5.74) is 10.1. The van der Waals surface area contributed by atoms with Gasteiger partial charge in [0.05, 0.1) is 68.3 Å². The third-order valence-electron chi connectivity index (χ3n) is 19.5. The molecule has 8 aliphatic heterocycles. The Balaban J connectivity index is 0.000000123. The topological polar surface area (TPSA) is 214 Å². The van der Waals surface area contributed by atoms with Gasteiger partial charge < -0.3 is 42.6 Å². The molecule has 4 saturated heterocycles. The van der Waals surface area contributed by atoms with Crippen LogP contribution in [-0.4, -0.2) is 116 Å². The van der Waals surface area contributed by atoms with Crippen molar-refractivity contribution in [3.05, 3.63) is 331 Å². The number of benzene rings is 11. The van der Waals surface area contributed by atoms with Crippen molar-refractivity contribution in [1.29, 1.82) is 0 Å². The number of hydrogen-bond acceptors (Lipinski definition) is 21. The van der Waals surface area contributed by atoms with Crippen molar-refractivity contribution in [3.63, 3.8) is 0 Å². The number of fused-ring (bicyclic) bond motifs is 4. The van der Waals surface area contributed by atoms with Gasteiger partial charge in [-0.2, -0.15) is 0 Å². The molecular weight excluding hydrogens is 1660 g/mol. The zero-order valence-corrected chi connectivity index (χ0v) is 71.5. The molecule has 4 amide bonds. The number of ether oxygens (including phenoxy) is 9. The highest BCUT2D eigenvalue weighted by Gasteiger charge is 2.39. The highest BCUT2D eigenvalue weighted by atomic mass is 32.2. The maximum atomic E-state index is 13.5. The Morgan fingerprint density at radius 1 is 0.360 bits per heavy atom. The molecule has 630 valence electrons. The van der Waals surface area contributed by atoms with Crippen LogP contribution < -0.4 is 57.3 Å². The fourth-order valence-corrected chi connectivity index (χ4v) is 17.4. The van der Waals surface area contributed by atoms with E-state index in [1.807, 2.05) is 231 Å². The number of nitrogens with zero attached hydrogens (tertiary/aromatic N) is 8. The van der Waals surface area contributed by atoms with Crippen LogP contribution in [0.3, 0.4) is 0 Å². The van der Waals surface area contributed by atoms with Crippen molar-refractivity contribution < 1.29 is 70.6 Å². The molecular formula is C98H82F2N8O13S4. The smallest absolute Gasteiger partial charge is 0.271 e. The molecule has 4 fully saturated rings. The maximum absolute atomic E-state index is 13.5. The Morgan fingerprint density at radius 3 is 1.10 bits per heavy atom. The predicted octanol–water partition coefficient (Wildman–Crippen LogP) is 20.8. The van der Waals surface area contributed by atoms with Gasteiger partial charge in [-0.3, -0.25) is 48.8 Å². The van der Waals surface area contributed by atoms with Crippen LogP contribution in [0.5, 0.6) is 51.7 Å². The molecule has 21 nitrogen and oxygen atoms in total. The first-order chi connectivity index (χ1) is 61.0. The molecule has 0 aromatic heterocycles. The molecule has 19 rings (SSSR count). The molecule has 0 aliphatic carbocycles. The summed E-state index contributed by atoms with van der Waals surface area (Å²) in [5, 5.41) is 2.42. The fraction of sp³-hybridized carbons (Fsp3) is 0.163. The van der Waals surface area contributed by atoms with E-state index in [1.165, 1.54) is 100 Å². The lowest BCUT2D eigenvalue weighted by Gasteiger charge is -2.18. The monoisotopic (exact) mass is 1740 g/mol. The largest absolute Gasteiger partial charge is 0.497 e. The molecule has 0 atom stereocenters. The molecule has 0 saturated carbocycles. The lowest BCUT2D eigenvalue weighted by atomic mass is 10.1. The SMILES string of the molecule is CC(C)CN1C(=O)/C(=C/c2ccc3c(c2)OCCO3)SC1=Nc1ccccc1.COc1ccc(CN=C2S/C(=C\c3ccc4c(c3)OCCO4)C(=O)N2c2ccc(C)cc2)cc1.O=C1/C(=C/c2ccc3c(c2)OCCO3)SC(=NCc2ccccc2)N1c1ccccc1.O=C1/C(=C/c2ccc3c(c2)OCCO3)SC(=Nc2ccc(F)cc2)N1c1ccc(F)cc1. The average Bonchev–Trinajstić information content (AvgIpc) is 1.66. The summed E-state index contributed by atoms with van der Waals surface area (Å²) < 4.78 is 76.9. The number of methoxy groups -OCH3 is 1. The molecule has 0 unspecified atom stereocenters. The summed E-state index contributed by atoms with van der Waals surface area (Å²) in [6, 6.07) is 78.9. The Labute approximate surface area is 738 Å². The average molecular weight is 1750 g/mol. The van der Waals surface area contributed by atoms with Crippen LogP contribution in [0.25, 0.3) is 24.3 Å². The number of rotatable bonds is 16. The van der Waals surface area contributed by atoms with Crippen molar-refractivity contribution >= 4 is 144 Å². The molecule has 11 aromatic carbocycles. The third kappa shape index (κ3) is 21.4. The van der Waals surface area contributed by atoms with Crippen molar-refractivity contribution in [1.82, 2.24) is 4.90 Å². The minimum absolute atomic E-state index is 0.0109. The van der Waals surface area contributed by atoms with E-state index in [0.29, 0.717) is 159 Å². The second-order valence-corrected chi connectivity index (χ2v) is 33.1. The molecule has 0 bridgehead atoms. The first-order valence-corrected chi connectivity index (χ1v) is 43.4. The predicted molar refractivity (Wildman–Crippen MR) is 494 cm³/mol. The van der Waals surface area contributed by atoms with Gasteiger partial charge in [-0.1, -0.05) is 135 Å². The Kier molecular flexibility index (Phi) is 27.3.